The smallest absolute Gasteiger partial charge is 0.0842 e. The summed E-state index contributed by atoms with van der Waals surface area (Å²) >= 11 is 0. The monoisotopic (exact) mass is 295 g/mol. The van der Waals surface area contributed by atoms with Gasteiger partial charge in [-0.3, -0.25) is 0 Å². The van der Waals surface area contributed by atoms with Crippen molar-refractivity contribution in [1.82, 2.24) is 0 Å². The molecule has 0 amide bonds. The van der Waals surface area contributed by atoms with Gasteiger partial charge in [-0.15, -0.1) is 6.82 Å². The molecule has 0 saturated heterocycles. The molecule has 0 aliphatic carbocycles. The number of hydrogen-bond acceptors (Lipinski definition) is 0. The fraction of sp³-hybridized carbons (Fsp3) is 1.00. The lowest BCUT2D eigenvalue weighted by Gasteiger charge is -2.46. The first kappa shape index (κ1) is 26.3. The second-order valence-corrected chi connectivity index (χ2v) is 8.02. The van der Waals surface area contributed by atoms with E-state index in [4.69, 9.17) is 61.9 Å². The summed E-state index contributed by atoms with van der Waals surface area (Å²) in [5.41, 5.74) is 0. The first-order valence-electron chi connectivity index (χ1n) is 9.22. The van der Waals surface area contributed by atoms with E-state index < -0.39 is 31.9 Å². The normalized spacial score (nSPS) is 9.48. The van der Waals surface area contributed by atoms with Gasteiger partial charge in [0.15, 0.2) is 0 Å². The highest BCUT2D eigenvalue weighted by atomic mass is 13.4. The molecule has 0 N–H and O–H groups in total. The lowest BCUT2D eigenvalue weighted by molar-refractivity contribution is 2.09. The van der Waals surface area contributed by atoms with E-state index in [1.165, 1.54) is 0 Å². The van der Waals surface area contributed by atoms with Gasteiger partial charge in [0.25, 0.3) is 0 Å². The van der Waals surface area contributed by atoms with Gasteiger partial charge >= 0.3 is 0 Å². The van der Waals surface area contributed by atoms with E-state index in [1.807, 2.05) is 6.82 Å². The molecule has 0 aromatic carbocycles. The maximum Gasteiger partial charge on any atom is 0.0842 e. The Bertz CT molecular complexity index is 316. The zero-order chi connectivity index (χ0) is 20.1. The third-order valence-corrected chi connectivity index (χ3v) is 5.48. The Kier molecular flexibility index (Phi) is 12.6. The van der Waals surface area contributed by atoms with E-state index in [9.17, 15) is 0 Å². The van der Waals surface area contributed by atoms with Crippen LogP contribution in [0.5, 0.6) is 0 Å². The van der Waals surface area contributed by atoms with Gasteiger partial charge in [0, 0.05) is 119 Å². The molecule has 0 aliphatic heterocycles. The van der Waals surface area contributed by atoms with Gasteiger partial charge in [-0.2, -0.15) is 0 Å². The summed E-state index contributed by atoms with van der Waals surface area (Å²) in [6, 6.07) is 0. The Morgan fingerprint density at radius 2 is 0.840 bits per heavy atom. The van der Waals surface area contributed by atoms with Crippen LogP contribution >= 0.6 is 0 Å². The van der Waals surface area contributed by atoms with Crippen molar-refractivity contribution in [3.8, 4) is 0 Å². The highest BCUT2D eigenvalue weighted by molar-refractivity contribution is 8.21. The average molecular weight is 291 g/mol. The zero-order valence-electron chi connectivity index (χ0n) is 16.5. The van der Waals surface area contributed by atoms with Gasteiger partial charge in [0.2, 0.25) is 0 Å². The molecule has 0 saturated carbocycles. The van der Waals surface area contributed by atoms with E-state index in [0.717, 1.165) is 0 Å². The molecular formula is C5H15B20. The third-order valence-electron chi connectivity index (χ3n) is 5.48. The molecule has 20 heteroatoms. The summed E-state index contributed by atoms with van der Waals surface area (Å²) in [4.78, 5) is 0. The summed E-state index contributed by atoms with van der Waals surface area (Å²) in [5, 5.41) is 0. The van der Waals surface area contributed by atoms with Gasteiger partial charge in [-0.05, 0) is 0 Å². The zero-order valence-corrected chi connectivity index (χ0v) is 16.5. The molecule has 25 heavy (non-hydrogen) atoms. The van der Waals surface area contributed by atoms with Gasteiger partial charge < -0.3 is 0 Å². The minimum absolute atomic E-state index is 0.130. The Morgan fingerprint density at radius 1 is 0.480 bits per heavy atom. The van der Waals surface area contributed by atoms with E-state index >= 15 is 0 Å². The molecule has 17 radical (unpaired) electrons. The van der Waals surface area contributed by atoms with Crippen LogP contribution in [-0.2, 0) is 0 Å². The summed E-state index contributed by atoms with van der Waals surface area (Å²) in [6.45, 7) is 10.9. The van der Waals surface area contributed by atoms with Crippen LogP contribution in [0.2, 0.25) is 34.1 Å². The van der Waals surface area contributed by atoms with Gasteiger partial charge in [0.05, 0.1) is 20.4 Å². The Morgan fingerprint density at radius 3 is 1.04 bits per heavy atom. The molecule has 0 rings (SSSR count). The molecule has 0 atom stereocenters. The Labute approximate surface area is 173 Å². The first-order chi connectivity index (χ1) is 11.4. The van der Waals surface area contributed by atoms with Crippen LogP contribution < -0.4 is 0 Å². The van der Waals surface area contributed by atoms with Crippen molar-refractivity contribution in [1.29, 1.82) is 0 Å². The van der Waals surface area contributed by atoms with Crippen LogP contribution in [0.15, 0.2) is 0 Å². The molecule has 0 bridgehead atoms. The van der Waals surface area contributed by atoms with Crippen LogP contribution in [0.1, 0.15) is 0 Å². The lowest BCUT2D eigenvalue weighted by atomic mass is 8.36. The highest BCUT2D eigenvalue weighted by Gasteiger charge is 2.49. The van der Waals surface area contributed by atoms with Crippen molar-refractivity contribution in [3.63, 3.8) is 0 Å². The van der Waals surface area contributed by atoms with Gasteiger partial charge in [-0.25, -0.2) is 0 Å². The van der Waals surface area contributed by atoms with Crippen LogP contribution in [0.4, 0.5) is 0 Å². The first-order valence-corrected chi connectivity index (χ1v) is 9.22. The Hall–Kier alpha value is 1.30. The topological polar surface area (TPSA) is 0 Å². The molecule has 0 fully saturated rings. The summed E-state index contributed by atoms with van der Waals surface area (Å²) in [5.74, 6) is 0. The van der Waals surface area contributed by atoms with Gasteiger partial charge in [0.1, 0.15) is 0 Å². The average Bonchev–Trinajstić information content (AvgIpc) is 2.41. The van der Waals surface area contributed by atoms with Crippen LogP contribution in [0, 0.1) is 0 Å². The van der Waals surface area contributed by atoms with Crippen molar-refractivity contribution >= 4 is 140 Å². The lowest BCUT2D eigenvalue weighted by Crippen LogP contribution is -2.83. The quantitative estimate of drug-likeness (QED) is 0.336. The van der Waals surface area contributed by atoms with Crippen molar-refractivity contribution in [3.05, 3.63) is 0 Å². The van der Waals surface area contributed by atoms with Crippen LogP contribution in [0.25, 0.3) is 0 Å². The van der Waals surface area contributed by atoms with Crippen LogP contribution in [0.3, 0.4) is 0 Å². The largest absolute Gasteiger partial charge is 0.101 e. The minimum Gasteiger partial charge on any atom is -0.101 e. The Balaban J connectivity index is 6.38. The fourth-order valence-electron chi connectivity index (χ4n) is 4.51. The second-order valence-electron chi connectivity index (χ2n) is 8.02. The maximum absolute atomic E-state index is 6.24. The van der Waals surface area contributed by atoms with E-state index in [0.29, 0.717) is 6.60 Å². The molecule has 0 spiro atoms. The molecule has 0 nitrogen and oxygen atoms in total. The van der Waals surface area contributed by atoms with E-state index in [2.05, 4.69) is 34.5 Å². The summed E-state index contributed by atoms with van der Waals surface area (Å²) < 4.78 is 0. The van der Waals surface area contributed by atoms with E-state index in [-0.39, 0.29) is 32.1 Å². The van der Waals surface area contributed by atoms with Crippen LogP contribution in [-0.4, -0.2) is 140 Å². The molecule has 0 aromatic heterocycles. The molecule has 0 aromatic rings. The SMILES string of the molecule is [B]B([B])B(B([B])[B])B(B(B([B])[B])B(C)C)B(B([B])[B])B([B]C)B(C)C. The summed E-state index contributed by atoms with van der Waals surface area (Å²) in [6.07, 6.45) is -3.41. The van der Waals surface area contributed by atoms with Crippen molar-refractivity contribution < 1.29 is 0 Å². The molecule has 95 valence electrons. The van der Waals surface area contributed by atoms with Crippen molar-refractivity contribution in [2.75, 3.05) is 0 Å². The second kappa shape index (κ2) is 12.0. The maximum atomic E-state index is 6.24. The standard InChI is InChI=1S/C5H15B20/c1-14-21(15(2)3)24(20(12)13)25(22(16(4)5)17(6)7)23(18(8)9)19(10)11/h1-5H3. The third kappa shape index (κ3) is 7.33. The van der Waals surface area contributed by atoms with Gasteiger partial charge in [-0.1, -0.05) is 27.3 Å². The fourth-order valence-corrected chi connectivity index (χ4v) is 4.51. The summed E-state index contributed by atoms with van der Waals surface area (Å²) in [7, 11) is 51.2. The molecule has 0 heterocycles. The van der Waals surface area contributed by atoms with Crippen molar-refractivity contribution in [2.24, 2.45) is 0 Å². The molecule has 0 aliphatic rings. The number of hydrogen-bond donors (Lipinski definition) is 0. The predicted octanol–water partition coefficient (Wildman–Crippen LogP) is -4.70. The highest BCUT2D eigenvalue weighted by Crippen LogP contribution is 2.13. The minimum atomic E-state index is -0.726. The molecular weight excluding hydrogens is 276 g/mol. The van der Waals surface area contributed by atoms with Crippen molar-refractivity contribution in [2.45, 2.75) is 34.1 Å². The van der Waals surface area contributed by atoms with E-state index in [1.54, 1.807) is 0 Å². The molecule has 0 unspecified atom stereocenters. The predicted molar refractivity (Wildman–Crippen MR) is 144 cm³/mol. The number of rotatable bonds is 11.